The van der Waals surface area contributed by atoms with Gasteiger partial charge < -0.3 is 4.74 Å². The molecule has 1 unspecified atom stereocenters. The van der Waals surface area contributed by atoms with Gasteiger partial charge in [-0.3, -0.25) is 9.69 Å². The number of hydrogen-bond acceptors (Lipinski definition) is 3. The fourth-order valence-electron chi connectivity index (χ4n) is 1.95. The van der Waals surface area contributed by atoms with E-state index in [0.29, 0.717) is 12.2 Å². The van der Waals surface area contributed by atoms with Crippen molar-refractivity contribution in [2.75, 3.05) is 6.61 Å². The smallest absolute Gasteiger partial charge is 0.417 e. The van der Waals surface area contributed by atoms with E-state index in [2.05, 4.69) is 0 Å². The normalized spacial score (nSPS) is 17.8. The molecule has 19 heavy (non-hydrogen) atoms. The number of aldehydes is 1. The Bertz CT molecular complexity index is 519. The molecule has 1 heterocycles. The summed E-state index contributed by atoms with van der Waals surface area (Å²) in [5.41, 5.74) is 1.54. The lowest BCUT2D eigenvalue weighted by Crippen LogP contribution is -2.25. The first-order valence-electron chi connectivity index (χ1n) is 6.11. The molecule has 1 aliphatic rings. The number of rotatable bonds is 3. The highest BCUT2D eigenvalue weighted by molar-refractivity contribution is 5.80. The average molecular weight is 257 g/mol. The lowest BCUT2D eigenvalue weighted by molar-refractivity contribution is -0.105. The van der Waals surface area contributed by atoms with E-state index in [1.165, 1.54) is 11.1 Å². The van der Waals surface area contributed by atoms with Gasteiger partial charge in [0.15, 0.2) is 0 Å². The summed E-state index contributed by atoms with van der Waals surface area (Å²) in [5.74, 6) is -0.121. The maximum atomic E-state index is 11.6. The Morgan fingerprint density at radius 1 is 1.37 bits per heavy atom. The lowest BCUT2D eigenvalue weighted by atomic mass is 9.91. The van der Waals surface area contributed by atoms with Crippen molar-refractivity contribution in [3.8, 4) is 0 Å². The summed E-state index contributed by atoms with van der Waals surface area (Å²) in [4.78, 5) is 24.1. The molecule has 1 aromatic rings. The number of ether oxygens (including phenoxy) is 1. The van der Waals surface area contributed by atoms with Crippen LogP contribution in [0.1, 0.15) is 18.4 Å². The van der Waals surface area contributed by atoms with Crippen molar-refractivity contribution in [1.29, 1.82) is 0 Å². The minimum atomic E-state index is -0.482. The van der Waals surface area contributed by atoms with Gasteiger partial charge >= 0.3 is 6.09 Å². The Morgan fingerprint density at radius 3 is 2.74 bits per heavy atom. The molecule has 4 nitrogen and oxygen atoms in total. The van der Waals surface area contributed by atoms with Crippen LogP contribution in [0.5, 0.6) is 0 Å². The van der Waals surface area contributed by atoms with Crippen LogP contribution < -0.4 is 0 Å². The van der Waals surface area contributed by atoms with Gasteiger partial charge in [-0.15, -0.1) is 0 Å². The molecule has 1 aliphatic heterocycles. The van der Waals surface area contributed by atoms with Crippen LogP contribution >= 0.6 is 0 Å². The second-order valence-corrected chi connectivity index (χ2v) is 4.08. The second-order valence-electron chi connectivity index (χ2n) is 4.08. The monoisotopic (exact) mass is 257 g/mol. The van der Waals surface area contributed by atoms with Crippen molar-refractivity contribution < 1.29 is 14.3 Å². The van der Waals surface area contributed by atoms with Gasteiger partial charge in [0.25, 0.3) is 0 Å². The Balaban J connectivity index is 2.23. The maximum absolute atomic E-state index is 11.6. The summed E-state index contributed by atoms with van der Waals surface area (Å²) in [5, 5.41) is 0. The number of carbonyl (C=O) groups excluding carboxylic acids is 2. The fourth-order valence-corrected chi connectivity index (χ4v) is 1.95. The highest BCUT2D eigenvalue weighted by Crippen LogP contribution is 2.28. The van der Waals surface area contributed by atoms with Crippen LogP contribution in [0, 0.1) is 0 Å². The minimum Gasteiger partial charge on any atom is -0.449 e. The third-order valence-corrected chi connectivity index (χ3v) is 2.86. The van der Waals surface area contributed by atoms with Crippen molar-refractivity contribution >= 4 is 12.4 Å². The van der Waals surface area contributed by atoms with Gasteiger partial charge in [-0.05, 0) is 12.5 Å². The fraction of sp³-hybridized carbons (Fsp3) is 0.200. The number of benzene rings is 1. The molecule has 0 fully saturated rings. The molecular formula is C15H15NO3. The van der Waals surface area contributed by atoms with Crippen molar-refractivity contribution in [3.63, 3.8) is 0 Å². The Kier molecular flexibility index (Phi) is 4.13. The molecule has 0 radical (unpaired) electrons. The summed E-state index contributed by atoms with van der Waals surface area (Å²) in [7, 11) is 0. The molecule has 0 spiro atoms. The summed E-state index contributed by atoms with van der Waals surface area (Å²) in [6, 6.07) is 9.66. The number of hydrogen-bond donors (Lipinski definition) is 0. The molecule has 98 valence electrons. The molecular weight excluding hydrogens is 242 g/mol. The molecule has 0 N–H and O–H groups in total. The SMILES string of the molecule is CCOC(=O)N1C=CC(c2ccccc2)C(C=O)=C1. The average Bonchev–Trinajstić information content (AvgIpc) is 2.47. The molecule has 2 rings (SSSR count). The van der Waals surface area contributed by atoms with Gasteiger partial charge in [0.2, 0.25) is 0 Å². The number of amides is 1. The zero-order valence-corrected chi connectivity index (χ0v) is 10.7. The maximum Gasteiger partial charge on any atom is 0.417 e. The van der Waals surface area contributed by atoms with Gasteiger partial charge in [-0.25, -0.2) is 4.79 Å². The predicted octanol–water partition coefficient (Wildman–Crippen LogP) is 2.84. The molecule has 0 bridgehead atoms. The quantitative estimate of drug-likeness (QED) is 0.782. The third-order valence-electron chi connectivity index (χ3n) is 2.86. The summed E-state index contributed by atoms with van der Waals surface area (Å²) >= 11 is 0. The summed E-state index contributed by atoms with van der Waals surface area (Å²) in [6.45, 7) is 2.04. The minimum absolute atomic E-state index is 0.121. The van der Waals surface area contributed by atoms with Crippen molar-refractivity contribution in [2.45, 2.75) is 12.8 Å². The Hall–Kier alpha value is -2.36. The molecule has 4 heteroatoms. The van der Waals surface area contributed by atoms with E-state index in [4.69, 9.17) is 4.74 Å². The van der Waals surface area contributed by atoms with Crippen LogP contribution in [0.4, 0.5) is 4.79 Å². The highest BCUT2D eigenvalue weighted by atomic mass is 16.5. The zero-order chi connectivity index (χ0) is 13.7. The number of carbonyl (C=O) groups is 2. The number of allylic oxidation sites excluding steroid dienone is 2. The zero-order valence-electron chi connectivity index (χ0n) is 10.7. The van der Waals surface area contributed by atoms with E-state index < -0.39 is 6.09 Å². The first-order valence-corrected chi connectivity index (χ1v) is 6.11. The van der Waals surface area contributed by atoms with Crippen molar-refractivity contribution in [2.24, 2.45) is 0 Å². The van der Waals surface area contributed by atoms with Crippen molar-refractivity contribution in [1.82, 2.24) is 4.90 Å². The first kappa shape index (κ1) is 13.1. The molecule has 0 saturated heterocycles. The largest absolute Gasteiger partial charge is 0.449 e. The van der Waals surface area contributed by atoms with Crippen LogP contribution in [0.15, 0.2) is 54.4 Å². The Labute approximate surface area is 112 Å². The third kappa shape index (κ3) is 2.91. The second kappa shape index (κ2) is 6.00. The van der Waals surface area contributed by atoms with E-state index in [1.807, 2.05) is 36.4 Å². The van der Waals surface area contributed by atoms with E-state index in [0.717, 1.165) is 11.8 Å². The van der Waals surface area contributed by atoms with Gasteiger partial charge in [0.05, 0.1) is 6.61 Å². The highest BCUT2D eigenvalue weighted by Gasteiger charge is 2.21. The standard InChI is InChI=1S/C15H15NO3/c1-2-19-15(18)16-9-8-14(13(10-16)11-17)12-6-4-3-5-7-12/h3-11,14H,2H2,1H3. The lowest BCUT2D eigenvalue weighted by Gasteiger charge is -2.23. The molecule has 0 aromatic heterocycles. The van der Waals surface area contributed by atoms with Crippen LogP contribution in [0.2, 0.25) is 0 Å². The topological polar surface area (TPSA) is 46.6 Å². The predicted molar refractivity (Wildman–Crippen MR) is 71.3 cm³/mol. The van der Waals surface area contributed by atoms with Gasteiger partial charge in [0.1, 0.15) is 6.29 Å². The molecule has 0 saturated carbocycles. The van der Waals surface area contributed by atoms with Crippen LogP contribution in [0.3, 0.4) is 0 Å². The van der Waals surface area contributed by atoms with Crippen LogP contribution in [-0.4, -0.2) is 23.9 Å². The molecule has 1 atom stereocenters. The first-order chi connectivity index (χ1) is 9.26. The van der Waals surface area contributed by atoms with E-state index in [-0.39, 0.29) is 5.92 Å². The summed E-state index contributed by atoms with van der Waals surface area (Å²) < 4.78 is 4.89. The van der Waals surface area contributed by atoms with Crippen LogP contribution in [0.25, 0.3) is 0 Å². The Morgan fingerprint density at radius 2 is 2.11 bits per heavy atom. The molecule has 1 amide bonds. The summed E-state index contributed by atoms with van der Waals surface area (Å²) in [6.07, 6.45) is 5.25. The number of nitrogens with zero attached hydrogens (tertiary/aromatic N) is 1. The van der Waals surface area contributed by atoms with E-state index in [1.54, 1.807) is 13.1 Å². The molecule has 0 aliphatic carbocycles. The van der Waals surface area contributed by atoms with Gasteiger partial charge in [-0.2, -0.15) is 0 Å². The van der Waals surface area contributed by atoms with E-state index >= 15 is 0 Å². The van der Waals surface area contributed by atoms with Gasteiger partial charge in [-0.1, -0.05) is 36.4 Å². The van der Waals surface area contributed by atoms with Gasteiger partial charge in [0, 0.05) is 23.9 Å². The van der Waals surface area contributed by atoms with Crippen LogP contribution in [-0.2, 0) is 9.53 Å². The molecule has 1 aromatic carbocycles. The van der Waals surface area contributed by atoms with Crippen molar-refractivity contribution in [3.05, 3.63) is 59.9 Å². The van der Waals surface area contributed by atoms with E-state index in [9.17, 15) is 9.59 Å².